The molecule has 0 aliphatic carbocycles. The summed E-state index contributed by atoms with van der Waals surface area (Å²) in [5, 5.41) is 11.2. The number of carboxylic acids is 1. The first kappa shape index (κ1) is 13.7. The number of unbranched alkanes of at least 4 members (excludes halogenated alkanes) is 2. The molecule has 0 aliphatic heterocycles. The van der Waals surface area contributed by atoms with Crippen LogP contribution >= 0.6 is 0 Å². The minimum Gasteiger partial charge on any atom is -0.481 e. The summed E-state index contributed by atoms with van der Waals surface area (Å²) in [6, 6.07) is 0. The Labute approximate surface area is 90.4 Å². The monoisotopic (exact) mass is 213 g/mol. The molecule has 1 amide bonds. The van der Waals surface area contributed by atoms with Crippen molar-refractivity contribution < 1.29 is 14.7 Å². The Balaban J connectivity index is 3.86. The molecule has 1 unspecified atom stereocenters. The van der Waals surface area contributed by atoms with Gasteiger partial charge in [-0.05, 0) is 13.3 Å². The molecule has 4 nitrogen and oxygen atoms in total. The van der Waals surface area contributed by atoms with E-state index in [9.17, 15) is 9.59 Å². The largest absolute Gasteiger partial charge is 0.481 e. The van der Waals surface area contributed by atoms with E-state index in [1.54, 1.807) is 0 Å². The Kier molecular flexibility index (Phi) is 6.42. The Morgan fingerprint density at radius 1 is 1.40 bits per heavy atom. The van der Waals surface area contributed by atoms with Gasteiger partial charge in [0.05, 0.1) is 5.92 Å². The summed E-state index contributed by atoms with van der Waals surface area (Å²) in [5.41, 5.74) is 0.254. The SMILES string of the molecule is C=C(NC(=O)CCCCC)C(C)C(=O)O. The quantitative estimate of drug-likeness (QED) is 0.635. The van der Waals surface area contributed by atoms with Crippen LogP contribution in [0.1, 0.15) is 39.5 Å². The van der Waals surface area contributed by atoms with Crippen molar-refractivity contribution in [2.45, 2.75) is 39.5 Å². The first-order valence-corrected chi connectivity index (χ1v) is 5.20. The van der Waals surface area contributed by atoms with Crippen molar-refractivity contribution >= 4 is 11.9 Å². The second-order valence-electron chi connectivity index (χ2n) is 3.59. The van der Waals surface area contributed by atoms with Crippen molar-refractivity contribution in [1.29, 1.82) is 0 Å². The van der Waals surface area contributed by atoms with Gasteiger partial charge < -0.3 is 10.4 Å². The average Bonchev–Trinajstić information content (AvgIpc) is 2.16. The number of nitrogens with one attached hydrogen (secondary N) is 1. The molecule has 0 aromatic carbocycles. The molecule has 2 N–H and O–H groups in total. The van der Waals surface area contributed by atoms with E-state index in [2.05, 4.69) is 18.8 Å². The minimum absolute atomic E-state index is 0.151. The second kappa shape index (κ2) is 7.04. The number of hydrogen-bond acceptors (Lipinski definition) is 2. The fraction of sp³-hybridized carbons (Fsp3) is 0.636. The van der Waals surface area contributed by atoms with Crippen molar-refractivity contribution in [3.05, 3.63) is 12.3 Å². The molecule has 0 radical (unpaired) electrons. The molecule has 15 heavy (non-hydrogen) atoms. The molecule has 0 bridgehead atoms. The molecule has 1 atom stereocenters. The van der Waals surface area contributed by atoms with Gasteiger partial charge in [0.15, 0.2) is 0 Å². The smallest absolute Gasteiger partial charge is 0.312 e. The van der Waals surface area contributed by atoms with Crippen LogP contribution in [-0.4, -0.2) is 17.0 Å². The summed E-state index contributed by atoms with van der Waals surface area (Å²) in [6.45, 7) is 7.09. The summed E-state index contributed by atoms with van der Waals surface area (Å²) in [4.78, 5) is 21.9. The highest BCUT2D eigenvalue weighted by molar-refractivity contribution is 5.80. The van der Waals surface area contributed by atoms with E-state index in [1.165, 1.54) is 6.92 Å². The van der Waals surface area contributed by atoms with Gasteiger partial charge in [0.25, 0.3) is 0 Å². The minimum atomic E-state index is -0.978. The van der Waals surface area contributed by atoms with Crippen molar-refractivity contribution in [1.82, 2.24) is 5.32 Å². The van der Waals surface area contributed by atoms with Gasteiger partial charge in [-0.15, -0.1) is 0 Å². The van der Waals surface area contributed by atoms with Crippen LogP contribution in [0.2, 0.25) is 0 Å². The molecule has 0 aliphatic rings. The fourth-order valence-electron chi connectivity index (χ4n) is 1.03. The van der Waals surface area contributed by atoms with Crippen LogP contribution in [-0.2, 0) is 9.59 Å². The summed E-state index contributed by atoms with van der Waals surface area (Å²) in [5.74, 6) is -1.87. The second-order valence-corrected chi connectivity index (χ2v) is 3.59. The first-order valence-electron chi connectivity index (χ1n) is 5.20. The third kappa shape index (κ3) is 5.88. The van der Waals surface area contributed by atoms with Crippen molar-refractivity contribution in [3.63, 3.8) is 0 Å². The Morgan fingerprint density at radius 2 is 2.00 bits per heavy atom. The van der Waals surface area contributed by atoms with Crippen LogP contribution < -0.4 is 5.32 Å². The molecule has 0 heterocycles. The van der Waals surface area contributed by atoms with Gasteiger partial charge in [0.1, 0.15) is 0 Å². The maximum Gasteiger partial charge on any atom is 0.312 e. The maximum atomic E-state index is 11.3. The lowest BCUT2D eigenvalue weighted by molar-refractivity contribution is -0.140. The molecule has 0 aromatic rings. The Hall–Kier alpha value is -1.32. The fourth-order valence-corrected chi connectivity index (χ4v) is 1.03. The van der Waals surface area contributed by atoms with Gasteiger partial charge in [0, 0.05) is 12.1 Å². The van der Waals surface area contributed by atoms with E-state index < -0.39 is 11.9 Å². The predicted octanol–water partition coefficient (Wildman–Crippen LogP) is 1.92. The van der Waals surface area contributed by atoms with Crippen LogP contribution in [0.4, 0.5) is 0 Å². The summed E-state index contributed by atoms with van der Waals surface area (Å²) < 4.78 is 0. The number of carboxylic acid groups (broad SMARTS) is 1. The highest BCUT2D eigenvalue weighted by atomic mass is 16.4. The number of carbonyl (C=O) groups excluding carboxylic acids is 1. The molecular weight excluding hydrogens is 194 g/mol. The zero-order valence-corrected chi connectivity index (χ0v) is 9.38. The van der Waals surface area contributed by atoms with E-state index in [0.29, 0.717) is 6.42 Å². The van der Waals surface area contributed by atoms with Gasteiger partial charge >= 0.3 is 5.97 Å². The topological polar surface area (TPSA) is 66.4 Å². The zero-order valence-electron chi connectivity index (χ0n) is 9.38. The number of rotatable bonds is 7. The van der Waals surface area contributed by atoms with Gasteiger partial charge in [-0.2, -0.15) is 0 Å². The lowest BCUT2D eigenvalue weighted by atomic mass is 10.1. The summed E-state index contributed by atoms with van der Waals surface area (Å²) >= 11 is 0. The summed E-state index contributed by atoms with van der Waals surface area (Å²) in [6.07, 6.45) is 3.32. The highest BCUT2D eigenvalue weighted by Gasteiger charge is 2.16. The number of aliphatic carboxylic acids is 1. The number of carbonyl (C=O) groups is 2. The van der Waals surface area contributed by atoms with Gasteiger partial charge in [-0.25, -0.2) is 0 Å². The van der Waals surface area contributed by atoms with Crippen molar-refractivity contribution in [3.8, 4) is 0 Å². The first-order chi connectivity index (χ1) is 6.99. The van der Waals surface area contributed by atoms with Crippen LogP contribution in [0.5, 0.6) is 0 Å². The van der Waals surface area contributed by atoms with Gasteiger partial charge in [0.2, 0.25) is 5.91 Å². The van der Waals surface area contributed by atoms with Crippen LogP contribution in [0, 0.1) is 5.92 Å². The molecule has 0 fully saturated rings. The van der Waals surface area contributed by atoms with Crippen molar-refractivity contribution in [2.24, 2.45) is 5.92 Å². The standard InChI is InChI=1S/C11H19NO3/c1-4-5-6-7-10(13)12-9(3)8(2)11(14)15/h8H,3-7H2,1-2H3,(H,12,13)(H,14,15). The third-order valence-electron chi connectivity index (χ3n) is 2.20. The van der Waals surface area contributed by atoms with Gasteiger partial charge in [-0.1, -0.05) is 26.3 Å². The molecular formula is C11H19NO3. The Morgan fingerprint density at radius 3 is 2.47 bits per heavy atom. The van der Waals surface area contributed by atoms with Crippen LogP contribution in [0.3, 0.4) is 0 Å². The Bertz CT molecular complexity index is 248. The molecule has 0 rings (SSSR count). The van der Waals surface area contributed by atoms with Gasteiger partial charge in [-0.3, -0.25) is 9.59 Å². The van der Waals surface area contributed by atoms with E-state index in [4.69, 9.17) is 5.11 Å². The number of amides is 1. The third-order valence-corrected chi connectivity index (χ3v) is 2.20. The van der Waals surface area contributed by atoms with E-state index >= 15 is 0 Å². The van der Waals surface area contributed by atoms with Crippen LogP contribution in [0.25, 0.3) is 0 Å². The van der Waals surface area contributed by atoms with Crippen molar-refractivity contribution in [2.75, 3.05) is 0 Å². The van der Waals surface area contributed by atoms with Crippen LogP contribution in [0.15, 0.2) is 12.3 Å². The normalized spacial score (nSPS) is 11.9. The lowest BCUT2D eigenvalue weighted by Gasteiger charge is -2.11. The zero-order chi connectivity index (χ0) is 11.8. The summed E-state index contributed by atoms with van der Waals surface area (Å²) in [7, 11) is 0. The molecule has 0 saturated carbocycles. The van der Waals surface area contributed by atoms with E-state index in [1.807, 2.05) is 0 Å². The van der Waals surface area contributed by atoms with E-state index in [0.717, 1.165) is 19.3 Å². The molecule has 0 saturated heterocycles. The predicted molar refractivity (Wildman–Crippen MR) is 58.2 cm³/mol. The molecule has 0 spiro atoms. The molecule has 0 aromatic heterocycles. The average molecular weight is 213 g/mol. The van der Waals surface area contributed by atoms with E-state index in [-0.39, 0.29) is 11.6 Å². The maximum absolute atomic E-state index is 11.3. The lowest BCUT2D eigenvalue weighted by Crippen LogP contribution is -2.28. The highest BCUT2D eigenvalue weighted by Crippen LogP contribution is 2.06. The molecule has 4 heteroatoms. The number of hydrogen-bond donors (Lipinski definition) is 2. The molecule has 86 valence electrons.